The summed E-state index contributed by atoms with van der Waals surface area (Å²) < 4.78 is 1.88. The second kappa shape index (κ2) is 2.27. The van der Waals surface area contributed by atoms with E-state index >= 15 is 0 Å². The lowest BCUT2D eigenvalue weighted by Crippen LogP contribution is -2.27. The van der Waals surface area contributed by atoms with Crippen LogP contribution in [0.25, 0.3) is 0 Å². The summed E-state index contributed by atoms with van der Waals surface area (Å²) >= 11 is 0. The van der Waals surface area contributed by atoms with Crippen LogP contribution in [-0.4, -0.2) is 17.0 Å². The van der Waals surface area contributed by atoms with Gasteiger partial charge in [0.05, 0.1) is 0 Å². The zero-order chi connectivity index (χ0) is 7.68. The van der Waals surface area contributed by atoms with Crippen molar-refractivity contribution in [3.05, 3.63) is 36.8 Å². The molecular formula is C8H8N2O. The molecule has 1 aliphatic heterocycles. The van der Waals surface area contributed by atoms with Gasteiger partial charge in [-0.2, -0.15) is 0 Å². The van der Waals surface area contributed by atoms with Crippen LogP contribution in [0.4, 0.5) is 0 Å². The van der Waals surface area contributed by atoms with E-state index in [9.17, 15) is 4.79 Å². The third kappa shape index (κ3) is 1.05. The molecular weight excluding hydrogens is 140 g/mol. The lowest BCUT2D eigenvalue weighted by Gasteiger charge is -2.15. The van der Waals surface area contributed by atoms with E-state index in [-0.39, 0.29) is 5.78 Å². The van der Waals surface area contributed by atoms with E-state index < -0.39 is 0 Å². The van der Waals surface area contributed by atoms with Gasteiger partial charge in [0.1, 0.15) is 6.54 Å². The fraction of sp³-hybridized carbons (Fsp3) is 0.125. The van der Waals surface area contributed by atoms with Gasteiger partial charge in [0.25, 0.3) is 0 Å². The molecule has 1 aliphatic rings. The number of hydrogen-bond donors (Lipinski definition) is 0. The monoisotopic (exact) mass is 148 g/mol. The first-order valence-corrected chi connectivity index (χ1v) is 3.47. The number of hydrogen-bond acceptors (Lipinski definition) is 2. The van der Waals surface area contributed by atoms with Crippen molar-refractivity contribution in [2.24, 2.45) is 0 Å². The molecule has 3 heteroatoms. The fourth-order valence-electron chi connectivity index (χ4n) is 1.09. The number of carbonyl (C=O) groups excluding carboxylic acids is 1. The summed E-state index contributed by atoms with van der Waals surface area (Å²) in [6, 6.07) is 3.85. The Balaban J connectivity index is 2.21. The van der Waals surface area contributed by atoms with Crippen molar-refractivity contribution in [3.8, 4) is 0 Å². The van der Waals surface area contributed by atoms with Crippen LogP contribution in [0.2, 0.25) is 0 Å². The van der Waals surface area contributed by atoms with Crippen molar-refractivity contribution in [3.63, 3.8) is 0 Å². The topological polar surface area (TPSA) is 25.2 Å². The van der Waals surface area contributed by atoms with Crippen molar-refractivity contribution in [1.29, 1.82) is 0 Å². The number of nitrogens with zero attached hydrogens (tertiary/aromatic N) is 2. The predicted molar refractivity (Wildman–Crippen MR) is 41.7 cm³/mol. The summed E-state index contributed by atoms with van der Waals surface area (Å²) in [4.78, 5) is 10.8. The van der Waals surface area contributed by atoms with Gasteiger partial charge in [0.2, 0.25) is 0 Å². The Kier molecular flexibility index (Phi) is 1.28. The molecule has 2 heterocycles. The number of rotatable bonds is 1. The Morgan fingerprint density at radius 2 is 2.00 bits per heavy atom. The minimum absolute atomic E-state index is 0.152. The first kappa shape index (κ1) is 6.22. The lowest BCUT2D eigenvalue weighted by molar-refractivity contribution is -0.113. The first-order valence-electron chi connectivity index (χ1n) is 3.47. The first-order chi connectivity index (χ1) is 5.36. The van der Waals surface area contributed by atoms with Crippen molar-refractivity contribution in [2.75, 3.05) is 11.6 Å². The van der Waals surface area contributed by atoms with E-state index in [2.05, 4.69) is 0 Å². The summed E-state index contributed by atoms with van der Waals surface area (Å²) in [6.45, 7) is 0.453. The van der Waals surface area contributed by atoms with Crippen molar-refractivity contribution in [1.82, 2.24) is 4.68 Å². The summed E-state index contributed by atoms with van der Waals surface area (Å²) in [5, 5.41) is 1.85. The molecule has 0 spiro atoms. The maximum Gasteiger partial charge on any atom is 0.178 e. The summed E-state index contributed by atoms with van der Waals surface area (Å²) in [5.74, 6) is 0.152. The molecule has 0 saturated heterocycles. The Morgan fingerprint density at radius 1 is 1.27 bits per heavy atom. The molecule has 3 nitrogen and oxygen atoms in total. The molecule has 0 atom stereocenters. The van der Waals surface area contributed by atoms with Gasteiger partial charge in [-0.05, 0) is 12.1 Å². The molecule has 56 valence electrons. The van der Waals surface area contributed by atoms with Crippen LogP contribution in [0, 0.1) is 0 Å². The molecule has 0 radical (unpaired) electrons. The van der Waals surface area contributed by atoms with Crippen LogP contribution >= 0.6 is 0 Å². The van der Waals surface area contributed by atoms with Crippen molar-refractivity contribution < 1.29 is 4.79 Å². The Bertz CT molecular complexity index is 287. The van der Waals surface area contributed by atoms with E-state index in [1.807, 2.05) is 34.2 Å². The summed E-state index contributed by atoms with van der Waals surface area (Å²) in [5.41, 5.74) is 0. The number of ketones is 1. The van der Waals surface area contributed by atoms with Gasteiger partial charge in [0.15, 0.2) is 5.78 Å². The predicted octanol–water partition coefficient (Wildman–Crippen LogP) is 0.522. The Hall–Kier alpha value is -1.51. The highest BCUT2D eigenvalue weighted by Crippen LogP contribution is 2.00. The molecule has 0 aromatic carbocycles. The highest BCUT2D eigenvalue weighted by Gasteiger charge is 2.11. The molecule has 0 bridgehead atoms. The largest absolute Gasteiger partial charge is 0.293 e. The van der Waals surface area contributed by atoms with Gasteiger partial charge in [-0.1, -0.05) is 0 Å². The minimum Gasteiger partial charge on any atom is -0.293 e. The SMILES string of the molecule is O=C1C=CN(n2cccc2)C1. The van der Waals surface area contributed by atoms with E-state index in [0.717, 1.165) is 0 Å². The quantitative estimate of drug-likeness (QED) is 0.580. The van der Waals surface area contributed by atoms with Crippen molar-refractivity contribution >= 4 is 5.78 Å². The Labute approximate surface area is 64.5 Å². The van der Waals surface area contributed by atoms with Crippen LogP contribution in [0.5, 0.6) is 0 Å². The lowest BCUT2D eigenvalue weighted by atomic mass is 10.4. The second-order valence-electron chi connectivity index (χ2n) is 2.44. The summed E-state index contributed by atoms with van der Waals surface area (Å²) in [7, 11) is 0. The van der Waals surface area contributed by atoms with Gasteiger partial charge < -0.3 is 0 Å². The van der Waals surface area contributed by atoms with Gasteiger partial charge in [-0.3, -0.25) is 14.5 Å². The van der Waals surface area contributed by atoms with E-state index in [1.165, 1.54) is 0 Å². The molecule has 1 aromatic rings. The molecule has 0 unspecified atom stereocenters. The standard InChI is InChI=1S/C8H8N2O/c11-8-3-6-10(7-8)9-4-1-2-5-9/h1-6H,7H2. The molecule has 0 aliphatic carbocycles. The zero-order valence-corrected chi connectivity index (χ0v) is 5.97. The van der Waals surface area contributed by atoms with E-state index in [4.69, 9.17) is 0 Å². The summed E-state index contributed by atoms with van der Waals surface area (Å²) in [6.07, 6.45) is 7.17. The van der Waals surface area contributed by atoms with Crippen LogP contribution in [0.15, 0.2) is 36.8 Å². The maximum absolute atomic E-state index is 10.8. The third-order valence-electron chi connectivity index (χ3n) is 1.64. The van der Waals surface area contributed by atoms with Gasteiger partial charge in [-0.15, -0.1) is 0 Å². The average molecular weight is 148 g/mol. The van der Waals surface area contributed by atoms with Gasteiger partial charge >= 0.3 is 0 Å². The molecule has 1 aromatic heterocycles. The Morgan fingerprint density at radius 3 is 2.55 bits per heavy atom. The van der Waals surface area contributed by atoms with Crippen LogP contribution in [-0.2, 0) is 4.79 Å². The fourth-order valence-corrected chi connectivity index (χ4v) is 1.09. The van der Waals surface area contributed by atoms with Crippen LogP contribution in [0.3, 0.4) is 0 Å². The van der Waals surface area contributed by atoms with Crippen LogP contribution in [0.1, 0.15) is 0 Å². The molecule has 11 heavy (non-hydrogen) atoms. The number of carbonyl (C=O) groups is 1. The average Bonchev–Trinajstić information content (AvgIpc) is 2.55. The van der Waals surface area contributed by atoms with E-state index in [1.54, 1.807) is 12.3 Å². The number of aromatic nitrogens is 1. The smallest absolute Gasteiger partial charge is 0.178 e. The van der Waals surface area contributed by atoms with Gasteiger partial charge in [-0.25, -0.2) is 0 Å². The van der Waals surface area contributed by atoms with Gasteiger partial charge in [0, 0.05) is 24.7 Å². The molecule has 0 saturated carbocycles. The second-order valence-corrected chi connectivity index (χ2v) is 2.44. The van der Waals surface area contributed by atoms with Crippen molar-refractivity contribution in [2.45, 2.75) is 0 Å². The molecule has 2 rings (SSSR count). The molecule has 0 fully saturated rings. The highest BCUT2D eigenvalue weighted by molar-refractivity contribution is 5.95. The zero-order valence-electron chi connectivity index (χ0n) is 5.97. The molecule has 0 N–H and O–H groups in total. The highest BCUT2D eigenvalue weighted by atomic mass is 16.1. The molecule has 0 amide bonds. The maximum atomic E-state index is 10.8. The third-order valence-corrected chi connectivity index (χ3v) is 1.64. The van der Waals surface area contributed by atoms with Crippen LogP contribution < -0.4 is 5.01 Å². The van der Waals surface area contributed by atoms with E-state index in [0.29, 0.717) is 6.54 Å². The minimum atomic E-state index is 0.152. The normalized spacial score (nSPS) is 16.4.